The minimum atomic E-state index is -0.360. The van der Waals surface area contributed by atoms with Crippen LogP contribution in [-0.2, 0) is 4.79 Å². The summed E-state index contributed by atoms with van der Waals surface area (Å²) in [5.41, 5.74) is 0.609. The Morgan fingerprint density at radius 1 is 1.54 bits per heavy atom. The predicted octanol–water partition coefficient (Wildman–Crippen LogP) is 1.18. The molecule has 0 aromatic heterocycles. The standard InChI is InChI=1S/C9H8FNO2/c1-11-7-3-2-6(10)4-8(7)13-5-9(11)12/h2-4H,5H2,1H3. The second-order valence-electron chi connectivity index (χ2n) is 2.85. The molecule has 1 aliphatic heterocycles. The van der Waals surface area contributed by atoms with Crippen LogP contribution in [0, 0.1) is 5.82 Å². The Kier molecular flexibility index (Phi) is 1.69. The summed E-state index contributed by atoms with van der Waals surface area (Å²) in [6, 6.07) is 4.11. The van der Waals surface area contributed by atoms with Gasteiger partial charge in [-0.1, -0.05) is 0 Å². The molecule has 13 heavy (non-hydrogen) atoms. The summed E-state index contributed by atoms with van der Waals surface area (Å²) < 4.78 is 17.8. The van der Waals surface area contributed by atoms with Crippen molar-refractivity contribution in [3.05, 3.63) is 24.0 Å². The summed E-state index contributed by atoms with van der Waals surface area (Å²) >= 11 is 0. The number of anilines is 1. The number of carbonyl (C=O) groups is 1. The fourth-order valence-electron chi connectivity index (χ4n) is 1.25. The largest absolute Gasteiger partial charge is 0.481 e. The van der Waals surface area contributed by atoms with Crippen LogP contribution in [0.4, 0.5) is 10.1 Å². The maximum atomic E-state index is 12.7. The number of benzene rings is 1. The van der Waals surface area contributed by atoms with E-state index < -0.39 is 0 Å². The Labute approximate surface area is 74.7 Å². The molecule has 2 rings (SSSR count). The highest BCUT2D eigenvalue weighted by molar-refractivity contribution is 5.97. The molecule has 0 unspecified atom stereocenters. The van der Waals surface area contributed by atoms with E-state index in [1.807, 2.05) is 0 Å². The number of nitrogens with zero attached hydrogens (tertiary/aromatic N) is 1. The first kappa shape index (κ1) is 8.04. The van der Waals surface area contributed by atoms with Gasteiger partial charge < -0.3 is 9.64 Å². The molecule has 68 valence electrons. The lowest BCUT2D eigenvalue weighted by atomic mass is 10.2. The van der Waals surface area contributed by atoms with Gasteiger partial charge in [-0.2, -0.15) is 0 Å². The lowest BCUT2D eigenvalue weighted by molar-refractivity contribution is -0.120. The fraction of sp³-hybridized carbons (Fsp3) is 0.222. The zero-order chi connectivity index (χ0) is 9.42. The van der Waals surface area contributed by atoms with Crippen molar-refractivity contribution in [3.63, 3.8) is 0 Å². The Morgan fingerprint density at radius 2 is 2.31 bits per heavy atom. The van der Waals surface area contributed by atoms with Crippen molar-refractivity contribution in [2.24, 2.45) is 0 Å². The monoisotopic (exact) mass is 181 g/mol. The average molecular weight is 181 g/mol. The summed E-state index contributed by atoms with van der Waals surface area (Å²) in [7, 11) is 1.64. The smallest absolute Gasteiger partial charge is 0.264 e. The maximum absolute atomic E-state index is 12.7. The van der Waals surface area contributed by atoms with Gasteiger partial charge in [-0.05, 0) is 12.1 Å². The molecular formula is C9H8FNO2. The number of likely N-dealkylation sites (N-methyl/N-ethyl adjacent to an activating group) is 1. The minimum absolute atomic E-state index is 0.0209. The van der Waals surface area contributed by atoms with Gasteiger partial charge in [-0.15, -0.1) is 0 Å². The van der Waals surface area contributed by atoms with Crippen molar-refractivity contribution in [2.75, 3.05) is 18.6 Å². The molecule has 1 heterocycles. The van der Waals surface area contributed by atoms with Crippen molar-refractivity contribution in [1.29, 1.82) is 0 Å². The number of hydrogen-bond donors (Lipinski definition) is 0. The summed E-state index contributed by atoms with van der Waals surface area (Å²) in [6.07, 6.45) is 0. The topological polar surface area (TPSA) is 29.5 Å². The minimum Gasteiger partial charge on any atom is -0.481 e. The molecule has 4 heteroatoms. The molecule has 0 bridgehead atoms. The molecule has 0 spiro atoms. The molecule has 0 fully saturated rings. The number of fused-ring (bicyclic) bond motifs is 1. The van der Waals surface area contributed by atoms with Crippen LogP contribution in [0.5, 0.6) is 5.75 Å². The van der Waals surface area contributed by atoms with E-state index in [2.05, 4.69) is 0 Å². The number of carbonyl (C=O) groups excluding carboxylic acids is 1. The second-order valence-corrected chi connectivity index (χ2v) is 2.85. The van der Waals surface area contributed by atoms with E-state index >= 15 is 0 Å². The van der Waals surface area contributed by atoms with Crippen molar-refractivity contribution in [1.82, 2.24) is 0 Å². The molecule has 0 saturated carbocycles. The lowest BCUT2D eigenvalue weighted by Crippen LogP contribution is -2.35. The molecular weight excluding hydrogens is 173 g/mol. The molecule has 0 saturated heterocycles. The van der Waals surface area contributed by atoms with E-state index in [9.17, 15) is 9.18 Å². The van der Waals surface area contributed by atoms with Crippen LogP contribution in [-0.4, -0.2) is 19.6 Å². The zero-order valence-corrected chi connectivity index (χ0v) is 7.08. The average Bonchev–Trinajstić information content (AvgIpc) is 2.12. The van der Waals surface area contributed by atoms with Gasteiger partial charge in [0, 0.05) is 13.1 Å². The summed E-state index contributed by atoms with van der Waals surface area (Å²) in [5.74, 6) is -0.0669. The van der Waals surface area contributed by atoms with Gasteiger partial charge in [0.25, 0.3) is 5.91 Å². The summed E-state index contributed by atoms with van der Waals surface area (Å²) in [4.78, 5) is 12.6. The number of hydrogen-bond acceptors (Lipinski definition) is 2. The molecule has 0 N–H and O–H groups in total. The summed E-state index contributed by atoms with van der Waals surface area (Å²) in [5, 5.41) is 0. The fourth-order valence-corrected chi connectivity index (χ4v) is 1.25. The third kappa shape index (κ3) is 1.24. The van der Waals surface area contributed by atoms with Gasteiger partial charge >= 0.3 is 0 Å². The molecule has 3 nitrogen and oxygen atoms in total. The van der Waals surface area contributed by atoms with E-state index in [0.717, 1.165) is 0 Å². The maximum Gasteiger partial charge on any atom is 0.264 e. The quantitative estimate of drug-likeness (QED) is 0.601. The normalized spacial score (nSPS) is 15.2. The SMILES string of the molecule is CN1C(=O)COc2cc(F)ccc21. The van der Waals surface area contributed by atoms with Gasteiger partial charge in [0.1, 0.15) is 11.6 Å². The van der Waals surface area contributed by atoms with Gasteiger partial charge in [0.15, 0.2) is 6.61 Å². The van der Waals surface area contributed by atoms with Crippen LogP contribution in [0.3, 0.4) is 0 Å². The molecule has 0 atom stereocenters. The van der Waals surface area contributed by atoms with Crippen LogP contribution < -0.4 is 9.64 Å². The van der Waals surface area contributed by atoms with Crippen LogP contribution in [0.1, 0.15) is 0 Å². The third-order valence-electron chi connectivity index (χ3n) is 2.01. The Bertz CT molecular complexity index is 365. The van der Waals surface area contributed by atoms with Crippen LogP contribution in [0.15, 0.2) is 18.2 Å². The van der Waals surface area contributed by atoms with Crippen molar-refractivity contribution in [2.45, 2.75) is 0 Å². The lowest BCUT2D eigenvalue weighted by Gasteiger charge is -2.25. The Hall–Kier alpha value is -1.58. The van der Waals surface area contributed by atoms with E-state index in [4.69, 9.17) is 4.74 Å². The highest BCUT2D eigenvalue weighted by atomic mass is 19.1. The second kappa shape index (κ2) is 2.73. The zero-order valence-electron chi connectivity index (χ0n) is 7.08. The Balaban J connectivity index is 2.49. The highest BCUT2D eigenvalue weighted by Gasteiger charge is 2.21. The van der Waals surface area contributed by atoms with Gasteiger partial charge in [-0.25, -0.2) is 4.39 Å². The van der Waals surface area contributed by atoms with E-state index in [0.29, 0.717) is 11.4 Å². The molecule has 1 aromatic carbocycles. The molecule has 1 aromatic rings. The van der Waals surface area contributed by atoms with Crippen LogP contribution in [0.25, 0.3) is 0 Å². The number of ether oxygens (including phenoxy) is 1. The molecule has 1 aliphatic rings. The van der Waals surface area contributed by atoms with Gasteiger partial charge in [0.05, 0.1) is 5.69 Å². The van der Waals surface area contributed by atoms with Crippen LogP contribution >= 0.6 is 0 Å². The number of amides is 1. The predicted molar refractivity (Wildman–Crippen MR) is 45.3 cm³/mol. The van der Waals surface area contributed by atoms with E-state index in [-0.39, 0.29) is 18.3 Å². The van der Waals surface area contributed by atoms with Gasteiger partial charge in [-0.3, -0.25) is 4.79 Å². The van der Waals surface area contributed by atoms with Crippen LogP contribution in [0.2, 0.25) is 0 Å². The number of rotatable bonds is 0. The first-order valence-electron chi connectivity index (χ1n) is 3.87. The van der Waals surface area contributed by atoms with Crippen molar-refractivity contribution < 1.29 is 13.9 Å². The van der Waals surface area contributed by atoms with Crippen molar-refractivity contribution >= 4 is 11.6 Å². The first-order valence-corrected chi connectivity index (χ1v) is 3.87. The molecule has 0 aliphatic carbocycles. The summed E-state index contributed by atoms with van der Waals surface area (Å²) in [6.45, 7) is -0.0209. The molecule has 0 radical (unpaired) electrons. The Morgan fingerprint density at radius 3 is 3.08 bits per heavy atom. The first-order chi connectivity index (χ1) is 6.18. The molecule has 1 amide bonds. The highest BCUT2D eigenvalue weighted by Crippen LogP contribution is 2.31. The van der Waals surface area contributed by atoms with Crippen molar-refractivity contribution in [3.8, 4) is 5.75 Å². The van der Waals surface area contributed by atoms with E-state index in [1.165, 1.54) is 23.1 Å². The number of halogens is 1. The van der Waals surface area contributed by atoms with E-state index in [1.54, 1.807) is 7.05 Å². The van der Waals surface area contributed by atoms with Gasteiger partial charge in [0.2, 0.25) is 0 Å². The third-order valence-corrected chi connectivity index (χ3v) is 2.01.